The van der Waals surface area contributed by atoms with Crippen molar-refractivity contribution in [3.05, 3.63) is 17.3 Å². The molecule has 0 saturated carbocycles. The van der Waals surface area contributed by atoms with Crippen molar-refractivity contribution in [1.82, 2.24) is 9.97 Å². The smallest absolute Gasteiger partial charge is 0.138 e. The quantitative estimate of drug-likeness (QED) is 0.840. The number of thiophene rings is 1. The molecule has 1 N–H and O–H groups in total. The van der Waals surface area contributed by atoms with Crippen LogP contribution in [0.1, 0.15) is 11.8 Å². The number of nitrogens with zero attached hydrogens (tertiary/aromatic N) is 2. The van der Waals surface area contributed by atoms with E-state index in [4.69, 9.17) is 11.6 Å². The highest BCUT2D eigenvalue weighted by Gasteiger charge is 2.08. The molecule has 2 aromatic heterocycles. The molecule has 1 atom stereocenters. The van der Waals surface area contributed by atoms with Gasteiger partial charge in [-0.2, -0.15) is 0 Å². The van der Waals surface area contributed by atoms with Gasteiger partial charge in [0.25, 0.3) is 0 Å². The summed E-state index contributed by atoms with van der Waals surface area (Å²) >= 11 is 7.43. The molecule has 0 radical (unpaired) electrons. The van der Waals surface area contributed by atoms with Crippen LogP contribution >= 0.6 is 22.9 Å². The summed E-state index contributed by atoms with van der Waals surface area (Å²) in [6.45, 7) is 4.10. The van der Waals surface area contributed by atoms with E-state index >= 15 is 0 Å². The molecule has 0 aliphatic rings. The first-order chi connectivity index (χ1) is 7.20. The average Bonchev–Trinajstić information content (AvgIpc) is 2.59. The molecule has 1 unspecified atom stereocenters. The molecule has 0 aliphatic carbocycles. The predicted molar refractivity (Wildman–Crippen MR) is 66.0 cm³/mol. The lowest BCUT2D eigenvalue weighted by Crippen LogP contribution is -2.17. The lowest BCUT2D eigenvalue weighted by molar-refractivity contribution is 0.898. The van der Waals surface area contributed by atoms with Gasteiger partial charge in [-0.05, 0) is 19.9 Å². The van der Waals surface area contributed by atoms with Gasteiger partial charge in [-0.3, -0.25) is 0 Å². The van der Waals surface area contributed by atoms with E-state index < -0.39 is 0 Å². The molecule has 0 aromatic carbocycles. The Kier molecular flexibility index (Phi) is 3.07. The Balaban J connectivity index is 2.41. The van der Waals surface area contributed by atoms with E-state index in [-0.39, 0.29) is 6.04 Å². The maximum atomic E-state index is 5.75. The van der Waals surface area contributed by atoms with Crippen LogP contribution in [0.3, 0.4) is 0 Å². The maximum absolute atomic E-state index is 5.75. The normalized spacial score (nSPS) is 13.0. The van der Waals surface area contributed by atoms with Crippen molar-refractivity contribution in [1.29, 1.82) is 0 Å². The number of hydrogen-bond acceptors (Lipinski definition) is 4. The fourth-order valence-electron chi connectivity index (χ4n) is 1.36. The molecule has 2 aromatic rings. The van der Waals surface area contributed by atoms with Crippen LogP contribution in [-0.2, 0) is 0 Å². The number of fused-ring (bicyclic) bond motifs is 1. The van der Waals surface area contributed by atoms with Gasteiger partial charge in [0, 0.05) is 16.8 Å². The van der Waals surface area contributed by atoms with Crippen LogP contribution in [0.5, 0.6) is 0 Å². The largest absolute Gasteiger partial charge is 0.366 e. The van der Waals surface area contributed by atoms with Crippen LogP contribution in [0.25, 0.3) is 10.2 Å². The number of rotatable bonds is 3. The van der Waals surface area contributed by atoms with E-state index in [2.05, 4.69) is 28.3 Å². The summed E-state index contributed by atoms with van der Waals surface area (Å²) in [6.07, 6.45) is 1.58. The topological polar surface area (TPSA) is 37.8 Å². The standard InChI is InChI=1S/C10H12ClN3S/c1-6(4-11)14-9-8-3-7(2)15-10(8)13-5-12-9/h3,5-6H,4H2,1-2H3,(H,12,13,14). The number of anilines is 1. The lowest BCUT2D eigenvalue weighted by atomic mass is 10.3. The van der Waals surface area contributed by atoms with E-state index in [1.54, 1.807) is 17.7 Å². The first kappa shape index (κ1) is 10.6. The van der Waals surface area contributed by atoms with Gasteiger partial charge in [-0.15, -0.1) is 22.9 Å². The van der Waals surface area contributed by atoms with Crippen molar-refractivity contribution in [3.63, 3.8) is 0 Å². The van der Waals surface area contributed by atoms with Crippen LogP contribution in [0, 0.1) is 6.92 Å². The van der Waals surface area contributed by atoms with Gasteiger partial charge < -0.3 is 5.32 Å². The summed E-state index contributed by atoms with van der Waals surface area (Å²) in [5.41, 5.74) is 0. The first-order valence-electron chi connectivity index (χ1n) is 4.74. The zero-order chi connectivity index (χ0) is 10.8. The molecule has 0 spiro atoms. The summed E-state index contributed by atoms with van der Waals surface area (Å²) in [5.74, 6) is 1.44. The SMILES string of the molecule is Cc1cc2c(NC(C)CCl)ncnc2s1. The van der Waals surface area contributed by atoms with Gasteiger partial charge in [-0.1, -0.05) is 0 Å². The number of alkyl halides is 1. The van der Waals surface area contributed by atoms with Crippen LogP contribution in [0.15, 0.2) is 12.4 Å². The molecular weight excluding hydrogens is 230 g/mol. The predicted octanol–water partition coefficient (Wildman–Crippen LogP) is 3.04. The number of hydrogen-bond donors (Lipinski definition) is 1. The maximum Gasteiger partial charge on any atom is 0.138 e. The first-order valence-corrected chi connectivity index (χ1v) is 6.09. The van der Waals surface area contributed by atoms with Crippen LogP contribution < -0.4 is 5.32 Å². The second-order valence-electron chi connectivity index (χ2n) is 3.50. The molecule has 0 fully saturated rings. The zero-order valence-electron chi connectivity index (χ0n) is 8.62. The highest BCUT2D eigenvalue weighted by atomic mass is 35.5. The van der Waals surface area contributed by atoms with Crippen molar-refractivity contribution in [2.45, 2.75) is 19.9 Å². The molecule has 5 heteroatoms. The molecule has 0 aliphatic heterocycles. The van der Waals surface area contributed by atoms with Gasteiger partial charge in [-0.25, -0.2) is 9.97 Å². The molecule has 80 valence electrons. The Hall–Kier alpha value is -0.870. The summed E-state index contributed by atoms with van der Waals surface area (Å²) in [6, 6.07) is 2.31. The third-order valence-corrected chi connectivity index (χ3v) is 3.49. The van der Waals surface area contributed by atoms with Gasteiger partial charge >= 0.3 is 0 Å². The Morgan fingerprint density at radius 3 is 3.07 bits per heavy atom. The van der Waals surface area contributed by atoms with E-state index in [1.807, 2.05) is 6.92 Å². The molecule has 15 heavy (non-hydrogen) atoms. The van der Waals surface area contributed by atoms with Gasteiger partial charge in [0.15, 0.2) is 0 Å². The second-order valence-corrected chi connectivity index (χ2v) is 5.04. The number of halogens is 1. The Labute approximate surface area is 97.5 Å². The van der Waals surface area contributed by atoms with Crippen molar-refractivity contribution < 1.29 is 0 Å². The number of aromatic nitrogens is 2. The van der Waals surface area contributed by atoms with Crippen molar-refractivity contribution in [3.8, 4) is 0 Å². The van der Waals surface area contributed by atoms with Crippen LogP contribution in [0.2, 0.25) is 0 Å². The molecular formula is C10H12ClN3S. The summed E-state index contributed by atoms with van der Waals surface area (Å²) in [5, 5.41) is 4.35. The molecule has 3 nitrogen and oxygen atoms in total. The van der Waals surface area contributed by atoms with Crippen LogP contribution in [0.4, 0.5) is 5.82 Å². The minimum absolute atomic E-state index is 0.213. The van der Waals surface area contributed by atoms with Gasteiger partial charge in [0.2, 0.25) is 0 Å². The Bertz CT molecular complexity index is 469. The summed E-state index contributed by atoms with van der Waals surface area (Å²) < 4.78 is 0. The molecule has 0 bridgehead atoms. The molecule has 2 rings (SSSR count). The number of nitrogens with one attached hydrogen (secondary N) is 1. The minimum atomic E-state index is 0.213. The van der Waals surface area contributed by atoms with E-state index in [1.165, 1.54) is 4.88 Å². The third kappa shape index (κ3) is 2.21. The average molecular weight is 242 g/mol. The zero-order valence-corrected chi connectivity index (χ0v) is 10.2. The van der Waals surface area contributed by atoms with Crippen LogP contribution in [-0.4, -0.2) is 21.9 Å². The van der Waals surface area contributed by atoms with E-state index in [0.717, 1.165) is 16.0 Å². The Morgan fingerprint density at radius 2 is 2.33 bits per heavy atom. The highest BCUT2D eigenvalue weighted by molar-refractivity contribution is 7.18. The summed E-state index contributed by atoms with van der Waals surface area (Å²) in [4.78, 5) is 10.7. The molecule has 0 amide bonds. The minimum Gasteiger partial charge on any atom is -0.366 e. The fourth-order valence-corrected chi connectivity index (χ4v) is 2.29. The fraction of sp³-hybridized carbons (Fsp3) is 0.400. The lowest BCUT2D eigenvalue weighted by Gasteiger charge is -2.11. The van der Waals surface area contributed by atoms with Gasteiger partial charge in [0.1, 0.15) is 17.0 Å². The molecule has 0 saturated heterocycles. The third-order valence-electron chi connectivity index (χ3n) is 2.07. The van der Waals surface area contributed by atoms with E-state index in [0.29, 0.717) is 5.88 Å². The monoisotopic (exact) mass is 241 g/mol. The summed E-state index contributed by atoms with van der Waals surface area (Å²) in [7, 11) is 0. The highest BCUT2D eigenvalue weighted by Crippen LogP contribution is 2.27. The van der Waals surface area contributed by atoms with Gasteiger partial charge in [0.05, 0.1) is 5.39 Å². The second kappa shape index (κ2) is 4.33. The molecule has 2 heterocycles. The van der Waals surface area contributed by atoms with Crippen molar-refractivity contribution >= 4 is 39.0 Å². The van der Waals surface area contributed by atoms with E-state index in [9.17, 15) is 0 Å². The Morgan fingerprint density at radius 1 is 1.53 bits per heavy atom. The van der Waals surface area contributed by atoms with Crippen molar-refractivity contribution in [2.75, 3.05) is 11.2 Å². The van der Waals surface area contributed by atoms with Crippen molar-refractivity contribution in [2.24, 2.45) is 0 Å². The number of aryl methyl sites for hydroxylation is 1.